The minimum Gasteiger partial charge on any atom is -0.468 e. The number of hydrogen-bond acceptors (Lipinski definition) is 4. The van der Waals surface area contributed by atoms with Gasteiger partial charge in [0.2, 0.25) is 0 Å². The molecule has 0 bridgehead atoms. The van der Waals surface area contributed by atoms with Gasteiger partial charge in [-0.05, 0) is 32.4 Å². The lowest BCUT2D eigenvalue weighted by atomic mass is 9.99. The lowest BCUT2D eigenvalue weighted by Crippen LogP contribution is -2.51. The largest absolute Gasteiger partial charge is 0.468 e. The van der Waals surface area contributed by atoms with Gasteiger partial charge in [0.15, 0.2) is 0 Å². The Morgan fingerprint density at radius 2 is 2.24 bits per heavy atom. The summed E-state index contributed by atoms with van der Waals surface area (Å²) in [5.74, 6) is -0.146. The van der Waals surface area contributed by atoms with Gasteiger partial charge in [-0.3, -0.25) is 9.69 Å². The first-order valence-corrected chi connectivity index (χ1v) is 6.78. The van der Waals surface area contributed by atoms with E-state index in [1.165, 1.54) is 32.8 Å². The second-order valence-corrected chi connectivity index (χ2v) is 4.69. The molecule has 1 rings (SSSR count). The van der Waals surface area contributed by atoms with E-state index in [2.05, 4.69) is 17.1 Å². The van der Waals surface area contributed by atoms with E-state index in [0.717, 1.165) is 19.6 Å². The number of nitrogens with one attached hydrogen (secondary N) is 1. The summed E-state index contributed by atoms with van der Waals surface area (Å²) in [6.45, 7) is 6.92. The van der Waals surface area contributed by atoms with Gasteiger partial charge in [-0.1, -0.05) is 20.3 Å². The quantitative estimate of drug-likeness (QED) is 0.715. The number of hydrogen-bond donors (Lipinski definition) is 1. The monoisotopic (exact) mass is 242 g/mol. The smallest absolute Gasteiger partial charge is 0.324 e. The molecule has 100 valence electrons. The summed E-state index contributed by atoms with van der Waals surface area (Å²) in [6, 6.07) is 0.451. The van der Waals surface area contributed by atoms with E-state index >= 15 is 0 Å². The van der Waals surface area contributed by atoms with Crippen LogP contribution in [0.4, 0.5) is 0 Å². The fourth-order valence-corrected chi connectivity index (χ4v) is 2.61. The average molecular weight is 242 g/mol. The molecular weight excluding hydrogens is 216 g/mol. The minimum absolute atomic E-state index is 0.146. The molecule has 0 spiro atoms. The van der Waals surface area contributed by atoms with Crippen molar-refractivity contribution in [3.63, 3.8) is 0 Å². The standard InChI is InChI=1S/C13H26N2O2/c1-4-11-8-6-7-9-15(11)10-12(14-5-2)13(16)17-3/h11-12,14H,4-10H2,1-3H3. The van der Waals surface area contributed by atoms with Crippen LogP contribution in [-0.4, -0.2) is 49.7 Å². The number of likely N-dealkylation sites (tertiary alicyclic amines) is 1. The van der Waals surface area contributed by atoms with Crippen LogP contribution in [0.25, 0.3) is 0 Å². The molecule has 1 N–H and O–H groups in total. The summed E-state index contributed by atoms with van der Waals surface area (Å²) in [4.78, 5) is 14.1. The molecule has 17 heavy (non-hydrogen) atoms. The minimum atomic E-state index is -0.183. The molecule has 0 amide bonds. The van der Waals surface area contributed by atoms with Gasteiger partial charge in [-0.15, -0.1) is 0 Å². The molecule has 0 aromatic carbocycles. The highest BCUT2D eigenvalue weighted by Crippen LogP contribution is 2.19. The highest BCUT2D eigenvalue weighted by Gasteiger charge is 2.27. The molecule has 0 saturated carbocycles. The Labute approximate surface area is 105 Å². The van der Waals surface area contributed by atoms with Crippen LogP contribution < -0.4 is 5.32 Å². The molecule has 4 nitrogen and oxygen atoms in total. The van der Waals surface area contributed by atoms with Crippen molar-refractivity contribution in [3.05, 3.63) is 0 Å². The van der Waals surface area contributed by atoms with E-state index in [9.17, 15) is 4.79 Å². The number of likely N-dealkylation sites (N-methyl/N-ethyl adjacent to an activating group) is 1. The lowest BCUT2D eigenvalue weighted by molar-refractivity contribution is -0.143. The summed E-state index contributed by atoms with van der Waals surface area (Å²) in [5, 5.41) is 3.21. The molecule has 1 heterocycles. The van der Waals surface area contributed by atoms with E-state index in [0.29, 0.717) is 6.04 Å². The van der Waals surface area contributed by atoms with Crippen molar-refractivity contribution in [1.29, 1.82) is 0 Å². The van der Waals surface area contributed by atoms with E-state index in [1.54, 1.807) is 0 Å². The zero-order chi connectivity index (χ0) is 12.7. The molecule has 2 unspecified atom stereocenters. The van der Waals surface area contributed by atoms with Crippen molar-refractivity contribution in [1.82, 2.24) is 10.2 Å². The zero-order valence-corrected chi connectivity index (χ0v) is 11.4. The molecule has 1 aliphatic rings. The molecule has 0 aliphatic carbocycles. The second-order valence-electron chi connectivity index (χ2n) is 4.69. The molecule has 4 heteroatoms. The SMILES string of the molecule is CCNC(CN1CCCCC1CC)C(=O)OC. The molecule has 0 radical (unpaired) electrons. The maximum Gasteiger partial charge on any atom is 0.324 e. The topological polar surface area (TPSA) is 41.6 Å². The Kier molecular flexibility index (Phi) is 6.52. The molecular formula is C13H26N2O2. The fraction of sp³-hybridized carbons (Fsp3) is 0.923. The van der Waals surface area contributed by atoms with Crippen LogP contribution in [0.1, 0.15) is 39.5 Å². The number of rotatable bonds is 6. The van der Waals surface area contributed by atoms with Gasteiger partial charge in [0.05, 0.1) is 7.11 Å². The summed E-state index contributed by atoms with van der Waals surface area (Å²) < 4.78 is 4.85. The Bertz CT molecular complexity index is 233. The normalized spacial score (nSPS) is 23.4. The second kappa shape index (κ2) is 7.67. The van der Waals surface area contributed by atoms with Gasteiger partial charge in [-0.2, -0.15) is 0 Å². The van der Waals surface area contributed by atoms with Crippen LogP contribution >= 0.6 is 0 Å². The number of nitrogens with zero attached hydrogens (tertiary/aromatic N) is 1. The third-order valence-electron chi connectivity index (χ3n) is 3.57. The van der Waals surface area contributed by atoms with Crippen molar-refractivity contribution in [2.45, 2.75) is 51.6 Å². The Morgan fingerprint density at radius 1 is 1.47 bits per heavy atom. The van der Waals surface area contributed by atoms with Crippen LogP contribution in [0, 0.1) is 0 Å². The maximum absolute atomic E-state index is 11.7. The van der Waals surface area contributed by atoms with Crippen LogP contribution in [0.15, 0.2) is 0 Å². The van der Waals surface area contributed by atoms with Gasteiger partial charge in [0.1, 0.15) is 6.04 Å². The molecule has 1 fully saturated rings. The van der Waals surface area contributed by atoms with Gasteiger partial charge in [-0.25, -0.2) is 0 Å². The molecule has 1 aliphatic heterocycles. The van der Waals surface area contributed by atoms with Crippen molar-refractivity contribution >= 4 is 5.97 Å². The Morgan fingerprint density at radius 3 is 2.82 bits per heavy atom. The van der Waals surface area contributed by atoms with Gasteiger partial charge < -0.3 is 10.1 Å². The van der Waals surface area contributed by atoms with Crippen molar-refractivity contribution < 1.29 is 9.53 Å². The highest BCUT2D eigenvalue weighted by atomic mass is 16.5. The number of carbonyl (C=O) groups is 1. The lowest BCUT2D eigenvalue weighted by Gasteiger charge is -2.37. The highest BCUT2D eigenvalue weighted by molar-refractivity contribution is 5.75. The third-order valence-corrected chi connectivity index (χ3v) is 3.57. The van der Waals surface area contributed by atoms with Crippen LogP contribution in [0.5, 0.6) is 0 Å². The zero-order valence-electron chi connectivity index (χ0n) is 11.4. The number of ether oxygens (including phenoxy) is 1. The average Bonchev–Trinajstić information content (AvgIpc) is 2.38. The Hall–Kier alpha value is -0.610. The molecule has 0 aromatic heterocycles. The van der Waals surface area contributed by atoms with E-state index in [1.807, 2.05) is 6.92 Å². The molecule has 2 atom stereocenters. The van der Waals surface area contributed by atoms with Gasteiger partial charge in [0.25, 0.3) is 0 Å². The third kappa shape index (κ3) is 4.28. The molecule has 1 saturated heterocycles. The predicted octanol–water partition coefficient (Wildman–Crippen LogP) is 1.40. The van der Waals surface area contributed by atoms with Gasteiger partial charge in [0, 0.05) is 12.6 Å². The van der Waals surface area contributed by atoms with Crippen molar-refractivity contribution in [3.8, 4) is 0 Å². The summed E-state index contributed by atoms with van der Waals surface area (Å²) in [6.07, 6.45) is 4.99. The van der Waals surface area contributed by atoms with Gasteiger partial charge >= 0.3 is 5.97 Å². The van der Waals surface area contributed by atoms with Crippen LogP contribution in [-0.2, 0) is 9.53 Å². The van der Waals surface area contributed by atoms with E-state index in [-0.39, 0.29) is 12.0 Å². The number of carbonyl (C=O) groups excluding carboxylic acids is 1. The first kappa shape index (κ1) is 14.5. The number of methoxy groups -OCH3 is 1. The van der Waals surface area contributed by atoms with Crippen LogP contribution in [0.2, 0.25) is 0 Å². The maximum atomic E-state index is 11.7. The van der Waals surface area contributed by atoms with E-state index < -0.39 is 0 Å². The summed E-state index contributed by atoms with van der Waals surface area (Å²) >= 11 is 0. The fourth-order valence-electron chi connectivity index (χ4n) is 2.61. The number of piperidine rings is 1. The molecule has 0 aromatic rings. The van der Waals surface area contributed by atoms with Crippen LogP contribution in [0.3, 0.4) is 0 Å². The van der Waals surface area contributed by atoms with Crippen molar-refractivity contribution in [2.75, 3.05) is 26.7 Å². The summed E-state index contributed by atoms with van der Waals surface area (Å²) in [7, 11) is 1.46. The predicted molar refractivity (Wildman–Crippen MR) is 69.0 cm³/mol. The van der Waals surface area contributed by atoms with Crippen molar-refractivity contribution in [2.24, 2.45) is 0 Å². The summed E-state index contributed by atoms with van der Waals surface area (Å²) in [5.41, 5.74) is 0. The Balaban J connectivity index is 2.54. The first-order chi connectivity index (χ1) is 8.22. The number of esters is 1. The first-order valence-electron chi connectivity index (χ1n) is 6.78. The van der Waals surface area contributed by atoms with E-state index in [4.69, 9.17) is 4.74 Å².